The molecule has 0 bridgehead atoms. The molecular weight excluding hydrogens is 414 g/mol. The second-order valence-corrected chi connectivity index (χ2v) is 8.97. The maximum absolute atomic E-state index is 12.9. The summed E-state index contributed by atoms with van der Waals surface area (Å²) in [5.74, 6) is -1.10. The molecule has 1 unspecified atom stereocenters. The first kappa shape index (κ1) is 23.6. The first-order valence-corrected chi connectivity index (χ1v) is 10.8. The molecule has 1 aliphatic heterocycles. The zero-order chi connectivity index (χ0) is 23.5. The summed E-state index contributed by atoms with van der Waals surface area (Å²) in [5, 5.41) is 19.7. The van der Waals surface area contributed by atoms with Crippen molar-refractivity contribution in [3.05, 3.63) is 40.8 Å². The van der Waals surface area contributed by atoms with E-state index in [9.17, 15) is 19.5 Å². The first-order valence-electron chi connectivity index (χ1n) is 10.8. The third kappa shape index (κ3) is 5.40. The van der Waals surface area contributed by atoms with Crippen LogP contribution in [0.5, 0.6) is 0 Å². The Kier molecular flexibility index (Phi) is 7.08. The van der Waals surface area contributed by atoms with Crippen LogP contribution in [0.4, 0.5) is 10.5 Å². The van der Waals surface area contributed by atoms with E-state index in [1.165, 1.54) is 10.8 Å². The Morgan fingerprint density at radius 1 is 1.12 bits per heavy atom. The molecule has 2 aromatic rings. The van der Waals surface area contributed by atoms with Gasteiger partial charge in [0.25, 0.3) is 5.56 Å². The van der Waals surface area contributed by atoms with Gasteiger partial charge in [-0.15, -0.1) is 0 Å². The zero-order valence-corrected chi connectivity index (χ0v) is 18.8. The summed E-state index contributed by atoms with van der Waals surface area (Å²) in [6.07, 6.45) is 1.67. The smallest absolute Gasteiger partial charge is 0.410 e. The molecule has 1 fully saturated rings. The largest absolute Gasteiger partial charge is 0.480 e. The molecule has 174 valence electrons. The highest BCUT2D eigenvalue weighted by atomic mass is 16.6. The van der Waals surface area contributed by atoms with Gasteiger partial charge in [-0.25, -0.2) is 9.59 Å². The molecule has 1 aromatic heterocycles. The van der Waals surface area contributed by atoms with Gasteiger partial charge in [-0.05, 0) is 63.3 Å². The Bertz CT molecular complexity index is 1030. The van der Waals surface area contributed by atoms with Gasteiger partial charge in [0, 0.05) is 50.1 Å². The minimum Gasteiger partial charge on any atom is -0.480 e. The molecule has 1 atom stereocenters. The van der Waals surface area contributed by atoms with E-state index in [4.69, 9.17) is 9.84 Å². The Labute approximate surface area is 186 Å². The lowest BCUT2D eigenvalue weighted by Gasteiger charge is -2.36. The van der Waals surface area contributed by atoms with E-state index in [2.05, 4.69) is 4.90 Å². The van der Waals surface area contributed by atoms with Crippen molar-refractivity contribution in [3.63, 3.8) is 0 Å². The van der Waals surface area contributed by atoms with E-state index >= 15 is 0 Å². The number of ether oxygens (including phenoxy) is 1. The van der Waals surface area contributed by atoms with E-state index in [0.717, 1.165) is 11.1 Å². The van der Waals surface area contributed by atoms with Gasteiger partial charge in [-0.2, -0.15) is 0 Å². The molecule has 32 heavy (non-hydrogen) atoms. The highest BCUT2D eigenvalue weighted by Crippen LogP contribution is 2.23. The molecule has 1 saturated heterocycles. The van der Waals surface area contributed by atoms with Crippen LogP contribution in [0.2, 0.25) is 0 Å². The van der Waals surface area contributed by atoms with E-state index in [-0.39, 0.29) is 24.7 Å². The Morgan fingerprint density at radius 3 is 2.41 bits per heavy atom. The summed E-state index contributed by atoms with van der Waals surface area (Å²) in [4.78, 5) is 40.6. The first-order chi connectivity index (χ1) is 15.1. The normalized spacial score (nSPS) is 15.6. The highest BCUT2D eigenvalue weighted by Gasteiger charge is 2.26. The van der Waals surface area contributed by atoms with E-state index < -0.39 is 17.6 Å². The minimum atomic E-state index is -1.10. The van der Waals surface area contributed by atoms with Gasteiger partial charge in [-0.3, -0.25) is 4.79 Å². The van der Waals surface area contributed by atoms with Crippen molar-refractivity contribution >= 4 is 28.5 Å². The number of carboxylic acid groups (broad SMARTS) is 1. The molecule has 9 nitrogen and oxygen atoms in total. The van der Waals surface area contributed by atoms with Gasteiger partial charge < -0.3 is 29.3 Å². The fraction of sp³-hybridized carbons (Fsp3) is 0.522. The zero-order valence-electron chi connectivity index (χ0n) is 18.8. The molecule has 0 radical (unpaired) electrons. The van der Waals surface area contributed by atoms with E-state index in [0.29, 0.717) is 38.0 Å². The maximum Gasteiger partial charge on any atom is 0.410 e. The van der Waals surface area contributed by atoms with Crippen LogP contribution in [-0.4, -0.2) is 70.1 Å². The SMILES string of the molecule is CC(C)(C)OC(=O)N1CCN(c2ccc3c(=O)n(C(CCCO)C(=O)O)ccc3c2)CC1. The van der Waals surface area contributed by atoms with Crippen molar-refractivity contribution in [2.45, 2.75) is 45.3 Å². The van der Waals surface area contributed by atoms with Crippen LogP contribution < -0.4 is 10.5 Å². The van der Waals surface area contributed by atoms with Crippen LogP contribution in [0.3, 0.4) is 0 Å². The molecule has 3 rings (SSSR count). The minimum absolute atomic E-state index is 0.128. The molecule has 2 N–H and O–H groups in total. The number of hydrogen-bond acceptors (Lipinski definition) is 6. The lowest BCUT2D eigenvalue weighted by Crippen LogP contribution is -2.50. The Balaban J connectivity index is 1.76. The molecular formula is C23H31N3O6. The number of aliphatic hydroxyl groups is 1. The third-order valence-corrected chi connectivity index (χ3v) is 5.47. The second kappa shape index (κ2) is 9.60. The molecule has 0 spiro atoms. The number of amides is 1. The summed E-state index contributed by atoms with van der Waals surface area (Å²) in [6.45, 7) is 7.77. The molecule has 2 heterocycles. The average Bonchev–Trinajstić information content (AvgIpc) is 2.74. The number of carbonyl (C=O) groups is 2. The van der Waals surface area contributed by atoms with Crippen LogP contribution in [-0.2, 0) is 9.53 Å². The van der Waals surface area contributed by atoms with Crippen LogP contribution in [0, 0.1) is 0 Å². The summed E-state index contributed by atoms with van der Waals surface area (Å²) < 4.78 is 6.66. The van der Waals surface area contributed by atoms with Gasteiger partial charge in [0.1, 0.15) is 11.6 Å². The number of pyridine rings is 1. The predicted octanol–water partition coefficient (Wildman–Crippen LogP) is 2.46. The lowest BCUT2D eigenvalue weighted by atomic mass is 10.1. The van der Waals surface area contributed by atoms with Crippen molar-refractivity contribution in [1.29, 1.82) is 0 Å². The number of hydrogen-bond donors (Lipinski definition) is 2. The lowest BCUT2D eigenvalue weighted by molar-refractivity contribution is -0.141. The number of piperazine rings is 1. The van der Waals surface area contributed by atoms with E-state index in [1.807, 2.05) is 32.9 Å². The topological polar surface area (TPSA) is 112 Å². The number of rotatable bonds is 6. The molecule has 0 saturated carbocycles. The number of nitrogens with zero attached hydrogens (tertiary/aromatic N) is 3. The monoisotopic (exact) mass is 445 g/mol. The molecule has 1 amide bonds. The van der Waals surface area contributed by atoms with Crippen molar-refractivity contribution in [2.75, 3.05) is 37.7 Å². The highest BCUT2D eigenvalue weighted by molar-refractivity contribution is 5.85. The predicted molar refractivity (Wildman–Crippen MR) is 121 cm³/mol. The number of carboxylic acids is 1. The van der Waals surface area contributed by atoms with Crippen molar-refractivity contribution in [1.82, 2.24) is 9.47 Å². The molecule has 1 aliphatic rings. The van der Waals surface area contributed by atoms with Crippen LogP contribution in [0.15, 0.2) is 35.3 Å². The van der Waals surface area contributed by atoms with Gasteiger partial charge >= 0.3 is 12.1 Å². The third-order valence-electron chi connectivity index (χ3n) is 5.47. The summed E-state index contributed by atoms with van der Waals surface area (Å²) in [5.41, 5.74) is 0.0414. The summed E-state index contributed by atoms with van der Waals surface area (Å²) in [6, 6.07) is 6.20. The number of carbonyl (C=O) groups excluding carboxylic acids is 1. The van der Waals surface area contributed by atoms with Gasteiger partial charge in [0.15, 0.2) is 0 Å². The van der Waals surface area contributed by atoms with Gasteiger partial charge in [0.05, 0.1) is 0 Å². The molecule has 0 aliphatic carbocycles. The fourth-order valence-electron chi connectivity index (χ4n) is 3.83. The number of anilines is 1. The van der Waals surface area contributed by atoms with Gasteiger partial charge in [-0.1, -0.05) is 0 Å². The standard InChI is InChI=1S/C23H31N3O6/c1-23(2,3)32-22(31)25-12-10-24(11-13-25)17-6-7-18-16(15-17)8-9-26(20(18)28)19(21(29)30)5-4-14-27/h6-9,15,19,27H,4-5,10-14H2,1-3H3,(H,29,30). The quantitative estimate of drug-likeness (QED) is 0.702. The number of fused-ring (bicyclic) bond motifs is 1. The summed E-state index contributed by atoms with van der Waals surface area (Å²) in [7, 11) is 0. The summed E-state index contributed by atoms with van der Waals surface area (Å²) >= 11 is 0. The molecule has 9 heteroatoms. The number of benzene rings is 1. The number of aliphatic hydroxyl groups excluding tert-OH is 1. The van der Waals surface area contributed by atoms with Crippen molar-refractivity contribution in [3.8, 4) is 0 Å². The van der Waals surface area contributed by atoms with Gasteiger partial charge in [0.2, 0.25) is 0 Å². The Morgan fingerprint density at radius 2 is 1.81 bits per heavy atom. The van der Waals surface area contributed by atoms with Crippen molar-refractivity contribution < 1.29 is 24.5 Å². The van der Waals surface area contributed by atoms with E-state index in [1.54, 1.807) is 17.0 Å². The van der Waals surface area contributed by atoms with Crippen molar-refractivity contribution in [2.24, 2.45) is 0 Å². The van der Waals surface area contributed by atoms with Crippen LogP contribution >= 0.6 is 0 Å². The average molecular weight is 446 g/mol. The van der Waals surface area contributed by atoms with Crippen LogP contribution in [0.25, 0.3) is 10.8 Å². The maximum atomic E-state index is 12.9. The Hall–Kier alpha value is -3.07. The number of aromatic nitrogens is 1. The van der Waals surface area contributed by atoms with Crippen LogP contribution in [0.1, 0.15) is 39.7 Å². The molecule has 1 aromatic carbocycles. The fourth-order valence-corrected chi connectivity index (χ4v) is 3.83. The number of aliphatic carboxylic acids is 1. The second-order valence-electron chi connectivity index (χ2n) is 8.97.